The average molecular weight is 283 g/mol. The smallest absolute Gasteiger partial charge is 0.0647 e. The predicted molar refractivity (Wildman–Crippen MR) is 86.6 cm³/mol. The zero-order valence-electron chi connectivity index (χ0n) is 13.5. The van der Waals surface area contributed by atoms with Crippen molar-refractivity contribution < 1.29 is 0 Å². The van der Waals surface area contributed by atoms with E-state index in [-0.39, 0.29) is 6.04 Å². The Kier molecular flexibility index (Phi) is 3.85. The van der Waals surface area contributed by atoms with Crippen molar-refractivity contribution >= 4 is 0 Å². The molecule has 112 valence electrons. The maximum absolute atomic E-state index is 4.57. The molecule has 1 aromatic carbocycles. The van der Waals surface area contributed by atoms with Gasteiger partial charge >= 0.3 is 0 Å². The summed E-state index contributed by atoms with van der Waals surface area (Å²) in [5.41, 5.74) is 6.51. The number of benzene rings is 1. The molecule has 3 rings (SSSR count). The summed E-state index contributed by atoms with van der Waals surface area (Å²) in [6.45, 7) is 4.25. The SMILES string of the molecule is CNC(c1cccc(C2CCC2)c1)c1c(C)nn(C)c1C. The van der Waals surface area contributed by atoms with Crippen LogP contribution in [0.25, 0.3) is 0 Å². The second-order valence-electron chi connectivity index (χ2n) is 6.23. The lowest BCUT2D eigenvalue weighted by Crippen LogP contribution is -2.20. The molecule has 1 aromatic heterocycles. The number of aromatic nitrogens is 2. The lowest BCUT2D eigenvalue weighted by Gasteiger charge is -2.27. The van der Waals surface area contributed by atoms with Crippen molar-refractivity contribution in [3.05, 3.63) is 52.3 Å². The summed E-state index contributed by atoms with van der Waals surface area (Å²) in [5.74, 6) is 0.776. The molecule has 1 fully saturated rings. The normalized spacial score (nSPS) is 16.8. The van der Waals surface area contributed by atoms with E-state index in [1.165, 1.54) is 41.6 Å². The van der Waals surface area contributed by atoms with Crippen molar-refractivity contribution in [1.29, 1.82) is 0 Å². The number of nitrogens with one attached hydrogen (secondary N) is 1. The van der Waals surface area contributed by atoms with Crippen LogP contribution in [0.5, 0.6) is 0 Å². The fourth-order valence-electron chi connectivity index (χ4n) is 3.42. The van der Waals surface area contributed by atoms with Gasteiger partial charge in [0.2, 0.25) is 0 Å². The van der Waals surface area contributed by atoms with Gasteiger partial charge in [0.25, 0.3) is 0 Å². The van der Waals surface area contributed by atoms with Crippen LogP contribution < -0.4 is 5.32 Å². The topological polar surface area (TPSA) is 29.9 Å². The summed E-state index contributed by atoms with van der Waals surface area (Å²) < 4.78 is 1.98. The third-order valence-corrected chi connectivity index (χ3v) is 4.96. The minimum Gasteiger partial charge on any atom is -0.309 e. The quantitative estimate of drug-likeness (QED) is 0.929. The number of nitrogens with zero attached hydrogens (tertiary/aromatic N) is 2. The molecule has 3 nitrogen and oxygen atoms in total. The molecular weight excluding hydrogens is 258 g/mol. The fourth-order valence-corrected chi connectivity index (χ4v) is 3.42. The monoisotopic (exact) mass is 283 g/mol. The van der Waals surface area contributed by atoms with Crippen LogP contribution in [-0.4, -0.2) is 16.8 Å². The van der Waals surface area contributed by atoms with Crippen molar-refractivity contribution in [2.24, 2.45) is 7.05 Å². The average Bonchev–Trinajstić information content (AvgIpc) is 2.65. The van der Waals surface area contributed by atoms with E-state index in [1.54, 1.807) is 0 Å². The highest BCUT2D eigenvalue weighted by Crippen LogP contribution is 2.37. The van der Waals surface area contributed by atoms with Crippen molar-refractivity contribution in [2.75, 3.05) is 7.05 Å². The molecule has 3 heteroatoms. The van der Waals surface area contributed by atoms with E-state index in [0.29, 0.717) is 0 Å². The predicted octanol–water partition coefficient (Wildman–Crippen LogP) is 3.61. The van der Waals surface area contributed by atoms with Gasteiger partial charge in [-0.2, -0.15) is 5.10 Å². The van der Waals surface area contributed by atoms with Crippen molar-refractivity contribution in [1.82, 2.24) is 15.1 Å². The minimum absolute atomic E-state index is 0.221. The molecule has 0 bridgehead atoms. The summed E-state index contributed by atoms with van der Waals surface area (Å²) in [6, 6.07) is 9.32. The van der Waals surface area contributed by atoms with Crippen LogP contribution in [0.2, 0.25) is 0 Å². The van der Waals surface area contributed by atoms with Crippen LogP contribution in [0, 0.1) is 13.8 Å². The lowest BCUT2D eigenvalue weighted by atomic mass is 9.79. The molecule has 1 saturated carbocycles. The van der Waals surface area contributed by atoms with Gasteiger partial charge in [0.15, 0.2) is 0 Å². The van der Waals surface area contributed by atoms with Gasteiger partial charge in [-0.3, -0.25) is 4.68 Å². The van der Waals surface area contributed by atoms with E-state index in [2.05, 4.69) is 48.5 Å². The molecule has 0 aliphatic heterocycles. The Labute approximate surface area is 127 Å². The number of aryl methyl sites for hydroxylation is 2. The number of hydrogen-bond donors (Lipinski definition) is 1. The van der Waals surface area contributed by atoms with Gasteiger partial charge in [-0.15, -0.1) is 0 Å². The Bertz CT molecular complexity index is 638. The summed E-state index contributed by atoms with van der Waals surface area (Å²) in [6.07, 6.45) is 4.07. The van der Waals surface area contributed by atoms with Crippen LogP contribution in [0.15, 0.2) is 24.3 Å². The molecule has 0 spiro atoms. The van der Waals surface area contributed by atoms with Crippen molar-refractivity contribution in [2.45, 2.75) is 45.1 Å². The second kappa shape index (κ2) is 5.64. The van der Waals surface area contributed by atoms with Gasteiger partial charge in [-0.25, -0.2) is 0 Å². The highest BCUT2D eigenvalue weighted by Gasteiger charge is 2.23. The molecule has 1 aliphatic rings. The van der Waals surface area contributed by atoms with E-state index in [9.17, 15) is 0 Å². The molecule has 1 heterocycles. The van der Waals surface area contributed by atoms with E-state index in [4.69, 9.17) is 0 Å². The zero-order valence-corrected chi connectivity index (χ0v) is 13.5. The van der Waals surface area contributed by atoms with Crippen molar-refractivity contribution in [3.63, 3.8) is 0 Å². The van der Waals surface area contributed by atoms with Crippen LogP contribution in [-0.2, 0) is 7.05 Å². The first-order valence-corrected chi connectivity index (χ1v) is 7.89. The van der Waals surface area contributed by atoms with Gasteiger partial charge in [-0.05, 0) is 50.8 Å². The first-order chi connectivity index (χ1) is 10.1. The van der Waals surface area contributed by atoms with Crippen LogP contribution in [0.1, 0.15) is 59.3 Å². The van der Waals surface area contributed by atoms with Gasteiger partial charge in [-0.1, -0.05) is 30.7 Å². The molecule has 1 aliphatic carbocycles. The van der Waals surface area contributed by atoms with E-state index >= 15 is 0 Å². The largest absolute Gasteiger partial charge is 0.309 e. The molecule has 1 atom stereocenters. The number of rotatable bonds is 4. The highest BCUT2D eigenvalue weighted by atomic mass is 15.3. The second-order valence-corrected chi connectivity index (χ2v) is 6.23. The number of hydrogen-bond acceptors (Lipinski definition) is 2. The standard InChI is InChI=1S/C18H25N3/c1-12-17(13(2)21(4)20-12)18(19-3)16-10-6-9-15(11-16)14-7-5-8-14/h6,9-11,14,18-19H,5,7-8H2,1-4H3. The summed E-state index contributed by atoms with van der Waals surface area (Å²) >= 11 is 0. The van der Waals surface area contributed by atoms with Crippen molar-refractivity contribution in [3.8, 4) is 0 Å². The first-order valence-electron chi connectivity index (χ1n) is 7.89. The van der Waals surface area contributed by atoms with Gasteiger partial charge < -0.3 is 5.32 Å². The van der Waals surface area contributed by atoms with E-state index in [0.717, 1.165) is 11.6 Å². The molecule has 1 N–H and O–H groups in total. The Morgan fingerprint density at radius 3 is 2.57 bits per heavy atom. The van der Waals surface area contributed by atoms with Gasteiger partial charge in [0.1, 0.15) is 0 Å². The molecule has 21 heavy (non-hydrogen) atoms. The Morgan fingerprint density at radius 2 is 2.05 bits per heavy atom. The maximum atomic E-state index is 4.57. The zero-order chi connectivity index (χ0) is 15.0. The summed E-state index contributed by atoms with van der Waals surface area (Å²) in [4.78, 5) is 0. The van der Waals surface area contributed by atoms with Gasteiger partial charge in [0.05, 0.1) is 11.7 Å². The molecule has 0 saturated heterocycles. The third-order valence-electron chi connectivity index (χ3n) is 4.96. The Hall–Kier alpha value is -1.61. The maximum Gasteiger partial charge on any atom is 0.0647 e. The van der Waals surface area contributed by atoms with Crippen LogP contribution in [0.3, 0.4) is 0 Å². The van der Waals surface area contributed by atoms with Gasteiger partial charge in [0, 0.05) is 18.3 Å². The molecule has 2 aromatic rings. The fraction of sp³-hybridized carbons (Fsp3) is 0.500. The molecule has 0 amide bonds. The highest BCUT2D eigenvalue weighted by molar-refractivity contribution is 5.39. The van der Waals surface area contributed by atoms with E-state index in [1.807, 2.05) is 18.8 Å². The van der Waals surface area contributed by atoms with E-state index < -0.39 is 0 Å². The molecule has 1 unspecified atom stereocenters. The Balaban J connectivity index is 1.99. The molecular formula is C18H25N3. The van der Waals surface area contributed by atoms with Crippen LogP contribution in [0.4, 0.5) is 0 Å². The molecule has 0 radical (unpaired) electrons. The lowest BCUT2D eigenvalue weighted by molar-refractivity contribution is 0.419. The minimum atomic E-state index is 0.221. The van der Waals surface area contributed by atoms with Crippen LogP contribution >= 0.6 is 0 Å². The summed E-state index contributed by atoms with van der Waals surface area (Å²) in [5, 5.41) is 8.04. The Morgan fingerprint density at radius 1 is 1.29 bits per heavy atom. The third kappa shape index (κ3) is 2.51. The first kappa shape index (κ1) is 14.3. The summed E-state index contributed by atoms with van der Waals surface area (Å²) in [7, 11) is 4.05.